The lowest BCUT2D eigenvalue weighted by atomic mass is 10.1. The summed E-state index contributed by atoms with van der Waals surface area (Å²) in [4.78, 5) is 0. The first kappa shape index (κ1) is 12.6. The highest BCUT2D eigenvalue weighted by molar-refractivity contribution is 5.49. The third-order valence-electron chi connectivity index (χ3n) is 2.48. The summed E-state index contributed by atoms with van der Waals surface area (Å²) >= 11 is 0. The van der Waals surface area contributed by atoms with Gasteiger partial charge in [-0.1, -0.05) is 0 Å². The van der Waals surface area contributed by atoms with Crippen molar-refractivity contribution in [3.63, 3.8) is 0 Å². The molecule has 0 spiro atoms. The van der Waals surface area contributed by atoms with Gasteiger partial charge in [-0.25, -0.2) is 0 Å². The van der Waals surface area contributed by atoms with Crippen molar-refractivity contribution in [1.29, 1.82) is 0 Å². The van der Waals surface area contributed by atoms with E-state index in [2.05, 4.69) is 0 Å². The molecule has 0 saturated heterocycles. The molecule has 90 valence electrons. The first-order chi connectivity index (χ1) is 7.72. The number of phenolic OH excluding ortho intramolecular Hbond substituents is 1. The van der Waals surface area contributed by atoms with Crippen molar-refractivity contribution in [2.45, 2.75) is 19.3 Å². The number of methoxy groups -OCH3 is 2. The second kappa shape index (κ2) is 6.23. The molecule has 1 aromatic carbocycles. The van der Waals surface area contributed by atoms with Gasteiger partial charge in [0.25, 0.3) is 0 Å². The molecule has 1 rings (SSSR count). The van der Waals surface area contributed by atoms with E-state index in [9.17, 15) is 5.11 Å². The first-order valence-corrected chi connectivity index (χ1v) is 5.36. The third-order valence-corrected chi connectivity index (χ3v) is 2.48. The van der Waals surface area contributed by atoms with E-state index in [1.165, 1.54) is 7.11 Å². The van der Waals surface area contributed by atoms with Crippen LogP contribution in [0.1, 0.15) is 18.4 Å². The summed E-state index contributed by atoms with van der Waals surface area (Å²) in [7, 11) is 3.13. The second-order valence-corrected chi connectivity index (χ2v) is 3.58. The Morgan fingerprint density at radius 3 is 2.38 bits per heavy atom. The van der Waals surface area contributed by atoms with E-state index < -0.39 is 0 Å². The van der Waals surface area contributed by atoms with E-state index in [0.29, 0.717) is 12.3 Å². The molecule has 0 bridgehead atoms. The fraction of sp³-hybridized carbons (Fsp3) is 0.500. The Bertz CT molecular complexity index is 339. The lowest BCUT2D eigenvalue weighted by molar-refractivity contribution is 0.362. The van der Waals surface area contributed by atoms with Crippen LogP contribution in [0.5, 0.6) is 17.2 Å². The molecule has 1 aromatic rings. The molecular formula is C12H19NO3. The van der Waals surface area contributed by atoms with E-state index in [1.54, 1.807) is 19.2 Å². The molecule has 0 saturated carbocycles. The predicted molar refractivity (Wildman–Crippen MR) is 63.2 cm³/mol. The van der Waals surface area contributed by atoms with Gasteiger partial charge in [-0.2, -0.15) is 0 Å². The topological polar surface area (TPSA) is 64.7 Å². The summed E-state index contributed by atoms with van der Waals surface area (Å²) < 4.78 is 10.3. The average molecular weight is 225 g/mol. The number of aryl methyl sites for hydroxylation is 1. The lowest BCUT2D eigenvalue weighted by Gasteiger charge is -2.11. The molecule has 0 amide bonds. The van der Waals surface area contributed by atoms with Crippen LogP contribution in [0.25, 0.3) is 0 Å². The minimum atomic E-state index is 0.144. The number of nitrogens with two attached hydrogens (primary N) is 1. The van der Waals surface area contributed by atoms with Gasteiger partial charge in [0.1, 0.15) is 5.75 Å². The van der Waals surface area contributed by atoms with Crippen LogP contribution < -0.4 is 15.2 Å². The molecule has 0 aliphatic heterocycles. The molecule has 0 atom stereocenters. The second-order valence-electron chi connectivity index (χ2n) is 3.58. The molecular weight excluding hydrogens is 206 g/mol. The van der Waals surface area contributed by atoms with Gasteiger partial charge in [-0.05, 0) is 37.4 Å². The van der Waals surface area contributed by atoms with Gasteiger partial charge >= 0.3 is 0 Å². The highest BCUT2D eigenvalue weighted by atomic mass is 16.5. The van der Waals surface area contributed by atoms with Crippen LogP contribution in [0.15, 0.2) is 12.1 Å². The number of aromatic hydroxyl groups is 1. The summed E-state index contributed by atoms with van der Waals surface area (Å²) in [5.41, 5.74) is 6.42. The Labute approximate surface area is 96.0 Å². The Kier molecular flexibility index (Phi) is 4.92. The number of benzene rings is 1. The number of rotatable bonds is 6. The van der Waals surface area contributed by atoms with Gasteiger partial charge in [0, 0.05) is 6.07 Å². The van der Waals surface area contributed by atoms with E-state index in [1.807, 2.05) is 0 Å². The maximum Gasteiger partial charge on any atom is 0.164 e. The van der Waals surface area contributed by atoms with E-state index in [4.69, 9.17) is 15.2 Å². The van der Waals surface area contributed by atoms with Crippen molar-refractivity contribution in [1.82, 2.24) is 0 Å². The monoisotopic (exact) mass is 225 g/mol. The average Bonchev–Trinajstić information content (AvgIpc) is 2.30. The highest BCUT2D eigenvalue weighted by Crippen LogP contribution is 2.34. The Morgan fingerprint density at radius 1 is 1.12 bits per heavy atom. The van der Waals surface area contributed by atoms with Crippen molar-refractivity contribution in [3.05, 3.63) is 17.7 Å². The summed E-state index contributed by atoms with van der Waals surface area (Å²) in [5.74, 6) is 1.32. The minimum absolute atomic E-state index is 0.144. The fourth-order valence-electron chi connectivity index (χ4n) is 1.60. The number of unbranched alkanes of at least 4 members (excludes halogenated alkanes) is 1. The largest absolute Gasteiger partial charge is 0.504 e. The number of phenols is 1. The SMILES string of the molecule is COc1cc(OC)c(CCCCN)cc1O. The minimum Gasteiger partial charge on any atom is -0.504 e. The van der Waals surface area contributed by atoms with Crippen molar-refractivity contribution in [2.75, 3.05) is 20.8 Å². The molecule has 0 unspecified atom stereocenters. The van der Waals surface area contributed by atoms with E-state index >= 15 is 0 Å². The molecule has 0 heterocycles. The van der Waals surface area contributed by atoms with Crippen LogP contribution in [0.2, 0.25) is 0 Å². The van der Waals surface area contributed by atoms with Gasteiger partial charge in [0.05, 0.1) is 14.2 Å². The molecule has 3 N–H and O–H groups in total. The van der Waals surface area contributed by atoms with Crippen LogP contribution in [-0.4, -0.2) is 25.9 Å². The van der Waals surface area contributed by atoms with E-state index in [0.717, 1.165) is 30.6 Å². The van der Waals surface area contributed by atoms with Gasteiger partial charge in [0.15, 0.2) is 11.5 Å². The molecule has 0 aliphatic carbocycles. The van der Waals surface area contributed by atoms with Crippen LogP contribution >= 0.6 is 0 Å². The molecule has 4 nitrogen and oxygen atoms in total. The van der Waals surface area contributed by atoms with Crippen molar-refractivity contribution < 1.29 is 14.6 Å². The lowest BCUT2D eigenvalue weighted by Crippen LogP contribution is -2.00. The zero-order valence-electron chi connectivity index (χ0n) is 9.82. The first-order valence-electron chi connectivity index (χ1n) is 5.36. The number of ether oxygens (including phenoxy) is 2. The zero-order chi connectivity index (χ0) is 12.0. The maximum absolute atomic E-state index is 9.66. The molecule has 4 heteroatoms. The molecule has 0 fully saturated rings. The van der Waals surface area contributed by atoms with Crippen LogP contribution in [0.3, 0.4) is 0 Å². The van der Waals surface area contributed by atoms with Gasteiger partial charge in [-0.15, -0.1) is 0 Å². The summed E-state index contributed by atoms with van der Waals surface area (Å²) in [6.45, 7) is 0.685. The van der Waals surface area contributed by atoms with Crippen molar-refractivity contribution >= 4 is 0 Å². The molecule has 0 aromatic heterocycles. The molecule has 0 radical (unpaired) electrons. The smallest absolute Gasteiger partial charge is 0.164 e. The third kappa shape index (κ3) is 3.03. The van der Waals surface area contributed by atoms with Crippen molar-refractivity contribution in [3.8, 4) is 17.2 Å². The molecule has 16 heavy (non-hydrogen) atoms. The summed E-state index contributed by atoms with van der Waals surface area (Å²) in [5, 5.41) is 9.66. The zero-order valence-corrected chi connectivity index (χ0v) is 9.82. The van der Waals surface area contributed by atoms with E-state index in [-0.39, 0.29) is 5.75 Å². The Hall–Kier alpha value is -1.42. The Morgan fingerprint density at radius 2 is 1.81 bits per heavy atom. The fourth-order valence-corrected chi connectivity index (χ4v) is 1.60. The van der Waals surface area contributed by atoms with Crippen LogP contribution in [0.4, 0.5) is 0 Å². The predicted octanol–water partition coefficient (Wildman–Crippen LogP) is 1.69. The number of hydrogen-bond donors (Lipinski definition) is 2. The van der Waals surface area contributed by atoms with Gasteiger partial charge in [-0.3, -0.25) is 0 Å². The normalized spacial score (nSPS) is 10.2. The molecule has 0 aliphatic rings. The van der Waals surface area contributed by atoms with Crippen molar-refractivity contribution in [2.24, 2.45) is 5.73 Å². The summed E-state index contributed by atoms with van der Waals surface area (Å²) in [6.07, 6.45) is 2.80. The highest BCUT2D eigenvalue weighted by Gasteiger charge is 2.09. The van der Waals surface area contributed by atoms with Gasteiger partial charge < -0.3 is 20.3 Å². The maximum atomic E-state index is 9.66. The van der Waals surface area contributed by atoms with Gasteiger partial charge in [0.2, 0.25) is 0 Å². The standard InChI is InChI=1S/C12H19NO3/c1-15-11-8-12(16-2)10(14)7-9(11)5-3-4-6-13/h7-8,14H,3-6,13H2,1-2H3. The quantitative estimate of drug-likeness (QED) is 0.723. The number of hydrogen-bond acceptors (Lipinski definition) is 4. The Balaban J connectivity index is 2.85. The summed E-state index contributed by atoms with van der Waals surface area (Å²) in [6, 6.07) is 3.39. The van der Waals surface area contributed by atoms with Crippen LogP contribution in [0, 0.1) is 0 Å². The van der Waals surface area contributed by atoms with Crippen LogP contribution in [-0.2, 0) is 6.42 Å².